The van der Waals surface area contributed by atoms with E-state index in [1.54, 1.807) is 0 Å². The van der Waals surface area contributed by atoms with Crippen LogP contribution >= 0.6 is 0 Å². The molecule has 0 radical (unpaired) electrons. The molecule has 0 saturated carbocycles. The van der Waals surface area contributed by atoms with E-state index in [4.69, 9.17) is 9.47 Å². The van der Waals surface area contributed by atoms with E-state index in [1.807, 2.05) is 12.2 Å². The first kappa shape index (κ1) is 12.5. The van der Waals surface area contributed by atoms with Crippen molar-refractivity contribution in [2.24, 2.45) is 0 Å². The fraction of sp³-hybridized carbons (Fsp3) is 0.692. The second kappa shape index (κ2) is 4.95. The molecule has 86 valence electrons. The van der Waals surface area contributed by atoms with Crippen molar-refractivity contribution in [3.05, 3.63) is 25.3 Å². The van der Waals surface area contributed by atoms with E-state index in [0.717, 1.165) is 25.7 Å². The van der Waals surface area contributed by atoms with Gasteiger partial charge in [0.05, 0.1) is 6.61 Å². The van der Waals surface area contributed by atoms with Gasteiger partial charge in [-0.25, -0.2) is 0 Å². The predicted octanol–water partition coefficient (Wildman–Crippen LogP) is 3.44. The summed E-state index contributed by atoms with van der Waals surface area (Å²) in [7, 11) is 0. The Labute approximate surface area is 93.0 Å². The van der Waals surface area contributed by atoms with Gasteiger partial charge in [-0.15, -0.1) is 13.2 Å². The molecule has 0 aromatic rings. The molecular weight excluding hydrogens is 188 g/mol. The van der Waals surface area contributed by atoms with Crippen LogP contribution in [0.4, 0.5) is 0 Å². The van der Waals surface area contributed by atoms with Crippen molar-refractivity contribution < 1.29 is 9.47 Å². The molecule has 0 atom stereocenters. The number of rotatable bonds is 6. The van der Waals surface area contributed by atoms with Crippen LogP contribution in [0, 0.1) is 0 Å². The number of hydrogen-bond acceptors (Lipinski definition) is 2. The van der Waals surface area contributed by atoms with Crippen molar-refractivity contribution in [2.45, 2.75) is 50.9 Å². The molecule has 1 aliphatic heterocycles. The summed E-state index contributed by atoms with van der Waals surface area (Å²) in [5.41, 5.74) is -0.227. The summed E-state index contributed by atoms with van der Waals surface area (Å²) >= 11 is 0. The molecule has 1 rings (SSSR count). The Morgan fingerprint density at radius 3 is 2.00 bits per heavy atom. The molecule has 2 nitrogen and oxygen atoms in total. The average molecular weight is 210 g/mol. The van der Waals surface area contributed by atoms with E-state index < -0.39 is 0 Å². The minimum atomic E-state index is -0.383. The molecule has 0 bridgehead atoms. The van der Waals surface area contributed by atoms with Crippen molar-refractivity contribution in [2.75, 3.05) is 6.61 Å². The molecule has 0 aliphatic carbocycles. The van der Waals surface area contributed by atoms with Gasteiger partial charge >= 0.3 is 0 Å². The maximum Gasteiger partial charge on any atom is 0.168 e. The van der Waals surface area contributed by atoms with Crippen LogP contribution in [0.5, 0.6) is 0 Å². The van der Waals surface area contributed by atoms with Gasteiger partial charge in [0.25, 0.3) is 0 Å². The van der Waals surface area contributed by atoms with E-state index >= 15 is 0 Å². The van der Waals surface area contributed by atoms with Crippen molar-refractivity contribution in [1.29, 1.82) is 0 Å². The Morgan fingerprint density at radius 2 is 1.67 bits per heavy atom. The lowest BCUT2D eigenvalue weighted by atomic mass is 9.96. The van der Waals surface area contributed by atoms with Crippen LogP contribution < -0.4 is 0 Å². The van der Waals surface area contributed by atoms with E-state index in [9.17, 15) is 0 Å². The van der Waals surface area contributed by atoms with Gasteiger partial charge in [0.2, 0.25) is 0 Å². The summed E-state index contributed by atoms with van der Waals surface area (Å²) < 4.78 is 12.0. The molecule has 15 heavy (non-hydrogen) atoms. The normalized spacial score (nSPS) is 22.5. The monoisotopic (exact) mass is 210 g/mol. The first-order valence-electron chi connectivity index (χ1n) is 5.72. The average Bonchev–Trinajstić information content (AvgIpc) is 2.60. The van der Waals surface area contributed by atoms with Gasteiger partial charge < -0.3 is 9.47 Å². The standard InChI is InChI=1S/C13H22O2/c1-5-9-12(10-6-2)11-14-13(7-3,8-4)15-12/h5-6H,1-2,7-11H2,3-4H3. The van der Waals surface area contributed by atoms with Crippen molar-refractivity contribution in [3.8, 4) is 0 Å². The molecular formula is C13H22O2. The highest BCUT2D eigenvalue weighted by atomic mass is 16.8. The second-order valence-electron chi connectivity index (χ2n) is 4.18. The van der Waals surface area contributed by atoms with E-state index in [0.29, 0.717) is 6.61 Å². The van der Waals surface area contributed by atoms with Crippen LogP contribution in [0.1, 0.15) is 39.5 Å². The summed E-state index contributed by atoms with van der Waals surface area (Å²) in [5.74, 6) is -0.383. The lowest BCUT2D eigenvalue weighted by molar-refractivity contribution is -0.190. The minimum absolute atomic E-state index is 0.227. The summed E-state index contributed by atoms with van der Waals surface area (Å²) in [5, 5.41) is 0. The third-order valence-electron chi connectivity index (χ3n) is 3.11. The molecule has 0 amide bonds. The zero-order valence-corrected chi connectivity index (χ0v) is 9.92. The van der Waals surface area contributed by atoms with Crippen LogP contribution in [-0.2, 0) is 9.47 Å². The van der Waals surface area contributed by atoms with Gasteiger partial charge in [-0.3, -0.25) is 0 Å². The Balaban J connectivity index is 2.77. The highest BCUT2D eigenvalue weighted by Gasteiger charge is 2.47. The Morgan fingerprint density at radius 1 is 1.13 bits per heavy atom. The van der Waals surface area contributed by atoms with Gasteiger partial charge in [-0.2, -0.15) is 0 Å². The predicted molar refractivity (Wildman–Crippen MR) is 62.7 cm³/mol. The third kappa shape index (κ3) is 2.50. The molecule has 0 aromatic carbocycles. The van der Waals surface area contributed by atoms with Gasteiger partial charge in [-0.1, -0.05) is 26.0 Å². The summed E-state index contributed by atoms with van der Waals surface area (Å²) in [4.78, 5) is 0. The largest absolute Gasteiger partial charge is 0.347 e. The Kier molecular flexibility index (Phi) is 4.12. The van der Waals surface area contributed by atoms with Crippen molar-refractivity contribution in [1.82, 2.24) is 0 Å². The van der Waals surface area contributed by atoms with Crippen LogP contribution in [-0.4, -0.2) is 18.0 Å². The molecule has 1 fully saturated rings. The lowest BCUT2D eigenvalue weighted by Crippen LogP contribution is -2.35. The van der Waals surface area contributed by atoms with Gasteiger partial charge in [0.1, 0.15) is 5.60 Å². The molecule has 2 heteroatoms. The summed E-state index contributed by atoms with van der Waals surface area (Å²) in [6.07, 6.45) is 7.21. The van der Waals surface area contributed by atoms with Crippen LogP contribution in [0.25, 0.3) is 0 Å². The van der Waals surface area contributed by atoms with Gasteiger partial charge in [0.15, 0.2) is 5.79 Å². The number of ether oxygens (including phenoxy) is 2. The van der Waals surface area contributed by atoms with Crippen LogP contribution in [0.2, 0.25) is 0 Å². The van der Waals surface area contributed by atoms with Crippen LogP contribution in [0.3, 0.4) is 0 Å². The fourth-order valence-corrected chi connectivity index (χ4v) is 2.13. The zero-order valence-electron chi connectivity index (χ0n) is 9.92. The van der Waals surface area contributed by atoms with E-state index in [-0.39, 0.29) is 11.4 Å². The molecule has 0 aromatic heterocycles. The topological polar surface area (TPSA) is 18.5 Å². The van der Waals surface area contributed by atoms with Crippen molar-refractivity contribution in [3.63, 3.8) is 0 Å². The molecule has 0 N–H and O–H groups in total. The molecule has 0 unspecified atom stereocenters. The lowest BCUT2D eigenvalue weighted by Gasteiger charge is -2.30. The quantitative estimate of drug-likeness (QED) is 0.625. The highest BCUT2D eigenvalue weighted by molar-refractivity contribution is 4.98. The first-order chi connectivity index (χ1) is 7.16. The smallest absolute Gasteiger partial charge is 0.168 e. The highest BCUT2D eigenvalue weighted by Crippen LogP contribution is 2.40. The summed E-state index contributed by atoms with van der Waals surface area (Å²) in [6, 6.07) is 0. The Bertz CT molecular complexity index is 219. The van der Waals surface area contributed by atoms with Crippen molar-refractivity contribution >= 4 is 0 Å². The molecule has 0 spiro atoms. The minimum Gasteiger partial charge on any atom is -0.347 e. The van der Waals surface area contributed by atoms with Crippen LogP contribution in [0.15, 0.2) is 25.3 Å². The Hall–Kier alpha value is -0.600. The first-order valence-corrected chi connectivity index (χ1v) is 5.72. The van der Waals surface area contributed by atoms with Gasteiger partial charge in [0, 0.05) is 0 Å². The maximum atomic E-state index is 6.15. The fourth-order valence-electron chi connectivity index (χ4n) is 2.13. The van der Waals surface area contributed by atoms with E-state index in [1.165, 1.54) is 0 Å². The molecule has 1 heterocycles. The maximum absolute atomic E-state index is 6.15. The molecule has 1 aliphatic rings. The zero-order chi connectivity index (χ0) is 11.4. The third-order valence-corrected chi connectivity index (χ3v) is 3.11. The summed E-state index contributed by atoms with van der Waals surface area (Å²) in [6.45, 7) is 12.4. The number of hydrogen-bond donors (Lipinski definition) is 0. The second-order valence-corrected chi connectivity index (χ2v) is 4.18. The van der Waals surface area contributed by atoms with E-state index in [2.05, 4.69) is 27.0 Å². The molecule has 1 saturated heterocycles. The SMILES string of the molecule is C=CCC1(CC=C)COC(CC)(CC)O1. The van der Waals surface area contributed by atoms with Gasteiger partial charge in [-0.05, 0) is 25.7 Å².